The monoisotopic (exact) mass is 140 g/mol. The molecule has 0 N–H and O–H groups in total. The molecule has 0 bridgehead atoms. The van der Waals surface area contributed by atoms with Crippen molar-refractivity contribution in [1.82, 2.24) is 9.78 Å². The molecule has 0 spiro atoms. The number of hydrogen-bond donors (Lipinski definition) is 0. The van der Waals surface area contributed by atoms with Crippen LogP contribution in [0.25, 0.3) is 0 Å². The smallest absolute Gasteiger partial charge is 0.243 e. The van der Waals surface area contributed by atoms with E-state index in [-0.39, 0.29) is 5.91 Å². The molecule has 0 aliphatic carbocycles. The fourth-order valence-corrected chi connectivity index (χ4v) is 0.584. The Hall–Kier alpha value is -1.32. The third-order valence-corrected chi connectivity index (χ3v) is 1.12. The molecule has 0 radical (unpaired) electrons. The molecule has 0 unspecified atom stereocenters. The summed E-state index contributed by atoms with van der Waals surface area (Å²) < 4.78 is 6.03. The maximum absolute atomic E-state index is 10.6. The number of hydrogen-bond acceptors (Lipinski definition) is 3. The van der Waals surface area contributed by atoms with Crippen LogP contribution in [-0.2, 0) is 0 Å². The van der Waals surface area contributed by atoms with Gasteiger partial charge in [-0.25, -0.2) is 4.68 Å². The van der Waals surface area contributed by atoms with Crippen molar-refractivity contribution in [1.29, 1.82) is 0 Å². The Morgan fingerprint density at radius 1 is 1.80 bits per heavy atom. The predicted octanol–water partition coefficient (Wildman–Crippen LogP) is 0.552. The molecule has 4 nitrogen and oxygen atoms in total. The predicted molar refractivity (Wildman–Crippen MR) is 35.1 cm³/mol. The molecule has 0 aliphatic heterocycles. The second-order valence-electron chi connectivity index (χ2n) is 1.84. The van der Waals surface area contributed by atoms with Crippen molar-refractivity contribution < 1.29 is 9.53 Å². The molecule has 0 amide bonds. The summed E-state index contributed by atoms with van der Waals surface area (Å²) >= 11 is 0. The van der Waals surface area contributed by atoms with Gasteiger partial charge in [0.1, 0.15) is 0 Å². The summed E-state index contributed by atoms with van der Waals surface area (Å²) in [6.07, 6.45) is 3.02. The van der Waals surface area contributed by atoms with E-state index in [1.54, 1.807) is 0 Å². The van der Waals surface area contributed by atoms with Crippen molar-refractivity contribution in [3.8, 4) is 5.75 Å². The largest absolute Gasteiger partial charge is 0.493 e. The van der Waals surface area contributed by atoms with Gasteiger partial charge in [0.2, 0.25) is 5.91 Å². The molecule has 10 heavy (non-hydrogen) atoms. The van der Waals surface area contributed by atoms with Gasteiger partial charge in [-0.05, 0) is 0 Å². The van der Waals surface area contributed by atoms with E-state index in [9.17, 15) is 4.79 Å². The summed E-state index contributed by atoms with van der Waals surface area (Å²) in [5, 5.41) is 3.73. The van der Waals surface area contributed by atoms with Gasteiger partial charge in [0.05, 0.1) is 19.5 Å². The fourth-order valence-electron chi connectivity index (χ4n) is 0.584. The molecule has 4 heteroatoms. The summed E-state index contributed by atoms with van der Waals surface area (Å²) in [7, 11) is 1.53. The Kier molecular flexibility index (Phi) is 1.71. The number of carbonyl (C=O) groups is 1. The van der Waals surface area contributed by atoms with Gasteiger partial charge in [0.15, 0.2) is 5.75 Å². The molecule has 0 saturated carbocycles. The number of methoxy groups -OCH3 is 1. The summed E-state index contributed by atoms with van der Waals surface area (Å²) in [6, 6.07) is 0. The van der Waals surface area contributed by atoms with Gasteiger partial charge in [-0.2, -0.15) is 5.10 Å². The van der Waals surface area contributed by atoms with Crippen LogP contribution >= 0.6 is 0 Å². The SMILES string of the molecule is COc1cnn(C(C)=O)c1. The van der Waals surface area contributed by atoms with E-state index >= 15 is 0 Å². The minimum Gasteiger partial charge on any atom is -0.493 e. The van der Waals surface area contributed by atoms with Crippen LogP contribution in [-0.4, -0.2) is 22.8 Å². The van der Waals surface area contributed by atoms with Crippen LogP contribution in [0.2, 0.25) is 0 Å². The maximum atomic E-state index is 10.6. The minimum atomic E-state index is -0.122. The van der Waals surface area contributed by atoms with Gasteiger partial charge in [-0.3, -0.25) is 4.79 Å². The first-order valence-corrected chi connectivity index (χ1v) is 2.83. The zero-order valence-corrected chi connectivity index (χ0v) is 5.87. The lowest BCUT2D eigenvalue weighted by atomic mass is 10.6. The first-order valence-electron chi connectivity index (χ1n) is 2.83. The molecule has 0 aliphatic rings. The molecule has 0 saturated heterocycles. The molecule has 1 rings (SSSR count). The van der Waals surface area contributed by atoms with E-state index in [1.807, 2.05) is 0 Å². The van der Waals surface area contributed by atoms with Crippen LogP contribution in [0.15, 0.2) is 12.4 Å². The van der Waals surface area contributed by atoms with Crippen molar-refractivity contribution in [3.05, 3.63) is 12.4 Å². The molecule has 0 atom stereocenters. The second-order valence-corrected chi connectivity index (χ2v) is 1.84. The summed E-state index contributed by atoms with van der Waals surface area (Å²) in [5.41, 5.74) is 0. The Labute approximate surface area is 58.4 Å². The number of aromatic nitrogens is 2. The first-order chi connectivity index (χ1) is 4.74. The van der Waals surface area contributed by atoms with E-state index in [0.717, 1.165) is 0 Å². The van der Waals surface area contributed by atoms with Gasteiger partial charge in [0, 0.05) is 6.92 Å². The summed E-state index contributed by atoms with van der Waals surface area (Å²) in [5.74, 6) is 0.471. The average Bonchev–Trinajstić information content (AvgIpc) is 2.34. The normalized spacial score (nSPS) is 9.40. The fraction of sp³-hybridized carbons (Fsp3) is 0.333. The Bertz CT molecular complexity index is 242. The second kappa shape index (κ2) is 2.51. The highest BCUT2D eigenvalue weighted by molar-refractivity contribution is 5.75. The van der Waals surface area contributed by atoms with E-state index in [2.05, 4.69) is 5.10 Å². The highest BCUT2D eigenvalue weighted by Crippen LogP contribution is 2.05. The minimum absolute atomic E-state index is 0.122. The molecular weight excluding hydrogens is 132 g/mol. The van der Waals surface area contributed by atoms with Crippen molar-refractivity contribution in [3.63, 3.8) is 0 Å². The quantitative estimate of drug-likeness (QED) is 0.572. The van der Waals surface area contributed by atoms with E-state index in [4.69, 9.17) is 4.74 Å². The Morgan fingerprint density at radius 2 is 2.50 bits per heavy atom. The molecule has 0 aromatic carbocycles. The van der Waals surface area contributed by atoms with Gasteiger partial charge >= 0.3 is 0 Å². The standard InChI is InChI=1S/C6H8N2O2/c1-5(9)8-4-6(10-2)3-7-8/h3-4H,1-2H3. The maximum Gasteiger partial charge on any atom is 0.243 e. The Balaban J connectivity index is 2.88. The van der Waals surface area contributed by atoms with Crippen LogP contribution in [0, 0.1) is 0 Å². The molecule has 0 fully saturated rings. The Morgan fingerprint density at radius 3 is 2.80 bits per heavy atom. The van der Waals surface area contributed by atoms with Crippen LogP contribution < -0.4 is 4.74 Å². The van der Waals surface area contributed by atoms with Gasteiger partial charge < -0.3 is 4.74 Å². The molecule has 1 aromatic rings. The average molecular weight is 140 g/mol. The number of carbonyl (C=O) groups excluding carboxylic acids is 1. The molecular formula is C6H8N2O2. The van der Waals surface area contributed by atoms with Crippen LogP contribution in [0.4, 0.5) is 0 Å². The van der Waals surface area contributed by atoms with Crippen molar-refractivity contribution >= 4 is 5.91 Å². The molecule has 54 valence electrons. The molecule has 1 aromatic heterocycles. The van der Waals surface area contributed by atoms with Crippen molar-refractivity contribution in [2.75, 3.05) is 7.11 Å². The molecule has 1 heterocycles. The third-order valence-electron chi connectivity index (χ3n) is 1.12. The van der Waals surface area contributed by atoms with E-state index < -0.39 is 0 Å². The van der Waals surface area contributed by atoms with E-state index in [0.29, 0.717) is 5.75 Å². The zero-order valence-electron chi connectivity index (χ0n) is 5.87. The number of ether oxygens (including phenoxy) is 1. The lowest BCUT2D eigenvalue weighted by Crippen LogP contribution is -2.04. The van der Waals surface area contributed by atoms with Crippen molar-refractivity contribution in [2.45, 2.75) is 6.92 Å². The highest BCUT2D eigenvalue weighted by Gasteiger charge is 1.99. The highest BCUT2D eigenvalue weighted by atomic mass is 16.5. The topological polar surface area (TPSA) is 44.1 Å². The summed E-state index contributed by atoms with van der Waals surface area (Å²) in [4.78, 5) is 10.6. The van der Waals surface area contributed by atoms with Crippen molar-refractivity contribution in [2.24, 2.45) is 0 Å². The van der Waals surface area contributed by atoms with Crippen LogP contribution in [0.3, 0.4) is 0 Å². The van der Waals surface area contributed by atoms with Gasteiger partial charge in [-0.1, -0.05) is 0 Å². The lowest BCUT2D eigenvalue weighted by molar-refractivity contribution is 0.0921. The zero-order chi connectivity index (χ0) is 7.56. The number of rotatable bonds is 1. The third kappa shape index (κ3) is 1.15. The van der Waals surface area contributed by atoms with E-state index in [1.165, 1.54) is 31.1 Å². The van der Waals surface area contributed by atoms with Gasteiger partial charge in [-0.15, -0.1) is 0 Å². The summed E-state index contributed by atoms with van der Waals surface area (Å²) in [6.45, 7) is 1.44. The number of nitrogens with zero attached hydrogens (tertiary/aromatic N) is 2. The first kappa shape index (κ1) is 6.80. The van der Waals surface area contributed by atoms with Crippen LogP contribution in [0.5, 0.6) is 5.75 Å². The van der Waals surface area contributed by atoms with Gasteiger partial charge in [0.25, 0.3) is 0 Å². The lowest BCUT2D eigenvalue weighted by Gasteiger charge is -1.89. The van der Waals surface area contributed by atoms with Crippen LogP contribution in [0.1, 0.15) is 11.7 Å².